The largest absolute Gasteiger partial charge is 0.328 e. The van der Waals surface area contributed by atoms with E-state index in [0.717, 1.165) is 0 Å². The first-order chi connectivity index (χ1) is 8.45. The zero-order valence-corrected chi connectivity index (χ0v) is 10.8. The molecule has 0 aliphatic carbocycles. The predicted molar refractivity (Wildman–Crippen MR) is 67.2 cm³/mol. The van der Waals surface area contributed by atoms with Gasteiger partial charge in [-0.3, -0.25) is 14.3 Å². The van der Waals surface area contributed by atoms with Crippen LogP contribution >= 0.6 is 23.2 Å². The van der Waals surface area contributed by atoms with Crippen LogP contribution in [0.1, 0.15) is 11.5 Å². The average Bonchev–Trinajstić information content (AvgIpc) is 2.24. The lowest BCUT2D eigenvalue weighted by Crippen LogP contribution is -2.30. The molecule has 0 spiro atoms. The fourth-order valence-electron chi connectivity index (χ4n) is 1.41. The maximum absolute atomic E-state index is 11.5. The maximum atomic E-state index is 11.5. The van der Waals surface area contributed by atoms with Crippen LogP contribution in [-0.4, -0.2) is 19.5 Å². The van der Waals surface area contributed by atoms with Crippen molar-refractivity contribution in [3.8, 4) is 0 Å². The first kappa shape index (κ1) is 12.8. The van der Waals surface area contributed by atoms with Gasteiger partial charge in [-0.1, -0.05) is 23.2 Å². The van der Waals surface area contributed by atoms with E-state index < -0.39 is 11.2 Å². The molecule has 2 rings (SSSR count). The van der Waals surface area contributed by atoms with Crippen LogP contribution in [0, 0.1) is 6.92 Å². The van der Waals surface area contributed by atoms with E-state index in [9.17, 15) is 9.59 Å². The highest BCUT2D eigenvalue weighted by molar-refractivity contribution is 6.30. The fraction of sp³-hybridized carbons (Fsp3) is 0.200. The van der Waals surface area contributed by atoms with Crippen molar-refractivity contribution in [1.82, 2.24) is 19.5 Å². The van der Waals surface area contributed by atoms with Gasteiger partial charge in [-0.25, -0.2) is 14.8 Å². The Morgan fingerprint density at radius 2 is 2.06 bits per heavy atom. The van der Waals surface area contributed by atoms with E-state index in [4.69, 9.17) is 23.2 Å². The second-order valence-corrected chi connectivity index (χ2v) is 4.41. The Hall–Kier alpha value is -1.66. The van der Waals surface area contributed by atoms with Crippen molar-refractivity contribution >= 4 is 23.2 Å². The molecular formula is C10H8Cl2N4O2. The molecule has 0 unspecified atom stereocenters. The molecule has 6 nitrogen and oxygen atoms in total. The lowest BCUT2D eigenvalue weighted by Gasteiger charge is -2.05. The van der Waals surface area contributed by atoms with E-state index in [1.165, 1.54) is 10.8 Å². The Morgan fingerprint density at radius 3 is 2.72 bits per heavy atom. The Bertz CT molecular complexity index is 688. The molecule has 0 amide bonds. The Kier molecular flexibility index (Phi) is 3.49. The standard InChI is InChI=1S/C10H8Cl2N4O2/c1-5-2-7(12)14-8(13-5)4-16-3-6(11)9(17)15-10(16)18/h2-3H,4H2,1H3,(H,15,17,18). The van der Waals surface area contributed by atoms with Crippen LogP contribution in [0.25, 0.3) is 0 Å². The lowest BCUT2D eigenvalue weighted by atomic mass is 10.4. The van der Waals surface area contributed by atoms with Gasteiger partial charge in [0.25, 0.3) is 5.56 Å². The summed E-state index contributed by atoms with van der Waals surface area (Å²) in [6, 6.07) is 1.60. The SMILES string of the molecule is Cc1cc(Cl)nc(Cn2cc(Cl)c(=O)[nH]c2=O)n1. The van der Waals surface area contributed by atoms with Gasteiger partial charge in [-0.05, 0) is 13.0 Å². The molecule has 94 valence electrons. The highest BCUT2D eigenvalue weighted by Gasteiger charge is 2.06. The number of rotatable bonds is 2. The van der Waals surface area contributed by atoms with Crippen LogP contribution in [0.15, 0.2) is 21.9 Å². The zero-order valence-electron chi connectivity index (χ0n) is 9.28. The van der Waals surface area contributed by atoms with Gasteiger partial charge in [0.15, 0.2) is 0 Å². The summed E-state index contributed by atoms with van der Waals surface area (Å²) in [5.41, 5.74) is -0.514. The molecule has 2 heterocycles. The number of halogens is 2. The van der Waals surface area contributed by atoms with Gasteiger partial charge < -0.3 is 0 Å². The quantitative estimate of drug-likeness (QED) is 0.835. The smallest absolute Gasteiger partial charge is 0.291 e. The van der Waals surface area contributed by atoms with Crippen LogP contribution in [0.5, 0.6) is 0 Å². The van der Waals surface area contributed by atoms with Crippen LogP contribution in [0.2, 0.25) is 10.2 Å². The number of nitrogens with one attached hydrogen (secondary N) is 1. The lowest BCUT2D eigenvalue weighted by molar-refractivity contribution is 0.683. The highest BCUT2D eigenvalue weighted by Crippen LogP contribution is 2.07. The molecule has 0 aliphatic heterocycles. The van der Waals surface area contributed by atoms with Gasteiger partial charge >= 0.3 is 5.69 Å². The second kappa shape index (κ2) is 4.91. The van der Waals surface area contributed by atoms with E-state index in [1.54, 1.807) is 13.0 Å². The van der Waals surface area contributed by atoms with Crippen LogP contribution in [0.4, 0.5) is 0 Å². The number of aryl methyl sites for hydroxylation is 1. The summed E-state index contributed by atoms with van der Waals surface area (Å²) < 4.78 is 1.20. The topological polar surface area (TPSA) is 80.6 Å². The Balaban J connectivity index is 2.43. The molecule has 18 heavy (non-hydrogen) atoms. The minimum atomic E-state index is -0.624. The van der Waals surface area contributed by atoms with Gasteiger partial charge in [0.05, 0.1) is 6.54 Å². The van der Waals surface area contributed by atoms with E-state index in [2.05, 4.69) is 15.0 Å². The number of nitrogens with zero attached hydrogens (tertiary/aromatic N) is 3. The average molecular weight is 287 g/mol. The van der Waals surface area contributed by atoms with Gasteiger partial charge in [0.2, 0.25) is 0 Å². The fourth-order valence-corrected chi connectivity index (χ4v) is 1.83. The monoisotopic (exact) mass is 286 g/mol. The van der Waals surface area contributed by atoms with Gasteiger partial charge in [-0.2, -0.15) is 0 Å². The molecule has 1 N–H and O–H groups in total. The van der Waals surface area contributed by atoms with E-state index in [1.807, 2.05) is 0 Å². The van der Waals surface area contributed by atoms with Gasteiger partial charge in [0.1, 0.15) is 16.0 Å². The summed E-state index contributed by atoms with van der Waals surface area (Å²) in [6.45, 7) is 1.84. The zero-order chi connectivity index (χ0) is 13.3. The molecule has 0 radical (unpaired) electrons. The van der Waals surface area contributed by atoms with Crippen molar-refractivity contribution in [2.24, 2.45) is 0 Å². The molecule has 0 fully saturated rings. The van der Waals surface area contributed by atoms with Crippen molar-refractivity contribution in [2.75, 3.05) is 0 Å². The number of hydrogen-bond acceptors (Lipinski definition) is 4. The Morgan fingerprint density at radius 1 is 1.33 bits per heavy atom. The second-order valence-electron chi connectivity index (χ2n) is 3.61. The third-order valence-electron chi connectivity index (χ3n) is 2.15. The first-order valence-corrected chi connectivity index (χ1v) is 5.70. The number of hydrogen-bond donors (Lipinski definition) is 1. The minimum absolute atomic E-state index is 0.0756. The van der Waals surface area contributed by atoms with Crippen molar-refractivity contribution in [3.05, 3.63) is 54.8 Å². The van der Waals surface area contributed by atoms with E-state index >= 15 is 0 Å². The molecule has 8 heteroatoms. The van der Waals surface area contributed by atoms with Crippen molar-refractivity contribution in [3.63, 3.8) is 0 Å². The Labute approximate surface area is 111 Å². The third-order valence-corrected chi connectivity index (χ3v) is 2.61. The summed E-state index contributed by atoms with van der Waals surface area (Å²) in [5, 5.41) is 0.217. The molecule has 0 aromatic carbocycles. The minimum Gasteiger partial charge on any atom is -0.291 e. The number of H-pyrrole nitrogens is 1. The molecule has 0 atom stereocenters. The third kappa shape index (κ3) is 2.77. The van der Waals surface area contributed by atoms with E-state index in [-0.39, 0.29) is 11.6 Å². The van der Waals surface area contributed by atoms with Crippen LogP contribution in [0.3, 0.4) is 0 Å². The normalized spacial score (nSPS) is 10.6. The molecule has 0 bridgehead atoms. The summed E-state index contributed by atoms with van der Waals surface area (Å²) in [6.07, 6.45) is 1.24. The summed E-state index contributed by atoms with van der Waals surface area (Å²) in [4.78, 5) is 32.8. The van der Waals surface area contributed by atoms with Crippen LogP contribution in [-0.2, 0) is 6.54 Å². The predicted octanol–water partition coefficient (Wildman–Crippen LogP) is 0.990. The van der Waals surface area contributed by atoms with Gasteiger partial charge in [0, 0.05) is 11.9 Å². The highest BCUT2D eigenvalue weighted by atomic mass is 35.5. The first-order valence-electron chi connectivity index (χ1n) is 4.95. The van der Waals surface area contributed by atoms with Crippen molar-refractivity contribution in [2.45, 2.75) is 13.5 Å². The summed E-state index contributed by atoms with van der Waals surface area (Å²) in [5.74, 6) is 0.366. The van der Waals surface area contributed by atoms with Crippen molar-refractivity contribution < 1.29 is 0 Å². The molecule has 0 saturated heterocycles. The molecule has 2 aromatic heterocycles. The van der Waals surface area contributed by atoms with E-state index in [0.29, 0.717) is 16.7 Å². The molecular weight excluding hydrogens is 279 g/mol. The van der Waals surface area contributed by atoms with Gasteiger partial charge in [-0.15, -0.1) is 0 Å². The molecule has 2 aromatic rings. The number of aromatic nitrogens is 4. The molecule has 0 aliphatic rings. The number of aromatic amines is 1. The maximum Gasteiger partial charge on any atom is 0.328 e. The van der Waals surface area contributed by atoms with Crippen LogP contribution < -0.4 is 11.2 Å². The van der Waals surface area contributed by atoms with Crippen molar-refractivity contribution in [1.29, 1.82) is 0 Å². The molecule has 0 saturated carbocycles. The summed E-state index contributed by atoms with van der Waals surface area (Å²) in [7, 11) is 0. The summed E-state index contributed by atoms with van der Waals surface area (Å²) >= 11 is 11.4.